The number of aliphatic hydroxyl groups excluding tert-OH is 1. The van der Waals surface area contributed by atoms with E-state index in [9.17, 15) is 13.9 Å². The first-order valence-corrected chi connectivity index (χ1v) is 5.04. The summed E-state index contributed by atoms with van der Waals surface area (Å²) in [5.41, 5.74) is -0.337. The highest BCUT2D eigenvalue weighted by molar-refractivity contribution is 5.22. The van der Waals surface area contributed by atoms with Crippen molar-refractivity contribution in [3.05, 3.63) is 47.5 Å². The Bertz CT molecular complexity index is 507. The first kappa shape index (κ1) is 11.7. The summed E-state index contributed by atoms with van der Waals surface area (Å²) in [6.45, 7) is 0. The summed E-state index contributed by atoms with van der Waals surface area (Å²) in [7, 11) is 1.65. The lowest BCUT2D eigenvalue weighted by Gasteiger charge is -2.12. The van der Waals surface area contributed by atoms with Crippen LogP contribution in [0.3, 0.4) is 0 Å². The number of rotatable bonds is 3. The Labute approximate surface area is 96.5 Å². The van der Waals surface area contributed by atoms with Gasteiger partial charge in [-0.3, -0.25) is 4.68 Å². The third-order valence-electron chi connectivity index (χ3n) is 2.51. The zero-order valence-corrected chi connectivity index (χ0v) is 9.14. The van der Waals surface area contributed by atoms with E-state index in [-0.39, 0.29) is 12.0 Å². The molecule has 0 saturated carbocycles. The van der Waals surface area contributed by atoms with Crippen molar-refractivity contribution in [1.82, 2.24) is 14.8 Å². The average Bonchev–Trinajstić information content (AvgIpc) is 2.64. The lowest BCUT2D eigenvalue weighted by molar-refractivity contribution is 0.164. The maximum Gasteiger partial charge on any atom is 0.138 e. The SMILES string of the molecule is Cn1ncnc1CC(O)c1c(F)cccc1F. The second kappa shape index (κ2) is 4.58. The molecule has 1 aromatic carbocycles. The Morgan fingerprint density at radius 1 is 1.35 bits per heavy atom. The van der Waals surface area contributed by atoms with Gasteiger partial charge in [-0.25, -0.2) is 13.8 Å². The summed E-state index contributed by atoms with van der Waals surface area (Å²) >= 11 is 0. The first-order chi connectivity index (χ1) is 8.09. The van der Waals surface area contributed by atoms with Gasteiger partial charge in [0, 0.05) is 13.5 Å². The van der Waals surface area contributed by atoms with Crippen LogP contribution < -0.4 is 0 Å². The molecule has 17 heavy (non-hydrogen) atoms. The summed E-state index contributed by atoms with van der Waals surface area (Å²) in [5, 5.41) is 13.6. The molecule has 2 rings (SSSR count). The van der Waals surface area contributed by atoms with Crippen LogP contribution in [0.15, 0.2) is 24.5 Å². The van der Waals surface area contributed by atoms with Crippen LogP contribution in [0.4, 0.5) is 8.78 Å². The van der Waals surface area contributed by atoms with Gasteiger partial charge < -0.3 is 5.11 Å². The maximum atomic E-state index is 13.4. The Balaban J connectivity index is 2.26. The number of aryl methyl sites for hydroxylation is 1. The van der Waals surface area contributed by atoms with Crippen LogP contribution in [0.25, 0.3) is 0 Å². The minimum Gasteiger partial charge on any atom is -0.388 e. The van der Waals surface area contributed by atoms with Crippen molar-refractivity contribution in [2.24, 2.45) is 7.05 Å². The molecule has 0 aliphatic rings. The molecule has 6 heteroatoms. The van der Waals surface area contributed by atoms with Gasteiger partial charge >= 0.3 is 0 Å². The lowest BCUT2D eigenvalue weighted by atomic mass is 10.1. The quantitative estimate of drug-likeness (QED) is 0.880. The number of hydrogen-bond acceptors (Lipinski definition) is 3. The van der Waals surface area contributed by atoms with E-state index in [4.69, 9.17) is 0 Å². The molecule has 2 aromatic rings. The van der Waals surface area contributed by atoms with Gasteiger partial charge in [0.25, 0.3) is 0 Å². The molecule has 1 unspecified atom stereocenters. The van der Waals surface area contributed by atoms with Crippen molar-refractivity contribution >= 4 is 0 Å². The molecule has 0 radical (unpaired) electrons. The third-order valence-corrected chi connectivity index (χ3v) is 2.51. The van der Waals surface area contributed by atoms with Gasteiger partial charge in [-0.05, 0) is 12.1 Å². The van der Waals surface area contributed by atoms with Crippen molar-refractivity contribution in [2.45, 2.75) is 12.5 Å². The third kappa shape index (κ3) is 2.31. The predicted octanol–water partition coefficient (Wildman–Crippen LogP) is 1.37. The molecule has 0 spiro atoms. The minimum atomic E-state index is -1.28. The molecule has 0 aliphatic carbocycles. The van der Waals surface area contributed by atoms with Gasteiger partial charge in [-0.1, -0.05) is 6.07 Å². The Hall–Kier alpha value is -1.82. The molecule has 1 atom stereocenters. The van der Waals surface area contributed by atoms with Crippen LogP contribution in [-0.2, 0) is 13.5 Å². The van der Waals surface area contributed by atoms with E-state index in [2.05, 4.69) is 10.1 Å². The topological polar surface area (TPSA) is 50.9 Å². The summed E-state index contributed by atoms with van der Waals surface area (Å²) < 4.78 is 28.2. The highest BCUT2D eigenvalue weighted by atomic mass is 19.1. The second-order valence-electron chi connectivity index (χ2n) is 3.66. The number of benzene rings is 1. The molecular weight excluding hydrogens is 228 g/mol. The van der Waals surface area contributed by atoms with Crippen molar-refractivity contribution in [3.63, 3.8) is 0 Å². The van der Waals surface area contributed by atoms with Gasteiger partial charge in [0.15, 0.2) is 0 Å². The molecule has 1 N–H and O–H groups in total. The zero-order chi connectivity index (χ0) is 12.4. The van der Waals surface area contributed by atoms with E-state index in [0.29, 0.717) is 5.82 Å². The van der Waals surface area contributed by atoms with Gasteiger partial charge in [0.1, 0.15) is 23.8 Å². The van der Waals surface area contributed by atoms with Crippen molar-refractivity contribution in [1.29, 1.82) is 0 Å². The molecule has 0 saturated heterocycles. The predicted molar refractivity (Wildman–Crippen MR) is 56.0 cm³/mol. The lowest BCUT2D eigenvalue weighted by Crippen LogP contribution is -2.10. The molecule has 1 aromatic heterocycles. The molecule has 90 valence electrons. The molecular formula is C11H11F2N3O. The minimum absolute atomic E-state index is 0.00829. The van der Waals surface area contributed by atoms with Crippen molar-refractivity contribution in [2.75, 3.05) is 0 Å². The number of hydrogen-bond donors (Lipinski definition) is 1. The monoisotopic (exact) mass is 239 g/mol. The molecule has 1 heterocycles. The van der Waals surface area contributed by atoms with Gasteiger partial charge in [0.05, 0.1) is 11.7 Å². The second-order valence-corrected chi connectivity index (χ2v) is 3.66. The number of aliphatic hydroxyl groups is 1. The molecule has 0 aliphatic heterocycles. The molecule has 0 amide bonds. The van der Waals surface area contributed by atoms with Crippen LogP contribution in [0, 0.1) is 11.6 Å². The number of nitrogens with zero attached hydrogens (tertiary/aromatic N) is 3. The van der Waals surface area contributed by atoms with Gasteiger partial charge in [0.2, 0.25) is 0 Å². The fraction of sp³-hybridized carbons (Fsp3) is 0.273. The van der Waals surface area contributed by atoms with E-state index >= 15 is 0 Å². The Kier molecular flexibility index (Phi) is 3.14. The summed E-state index contributed by atoms with van der Waals surface area (Å²) in [4.78, 5) is 3.89. The van der Waals surface area contributed by atoms with Crippen LogP contribution in [-0.4, -0.2) is 19.9 Å². The maximum absolute atomic E-state index is 13.4. The van der Waals surface area contributed by atoms with Crippen molar-refractivity contribution in [3.8, 4) is 0 Å². The van der Waals surface area contributed by atoms with E-state index < -0.39 is 17.7 Å². The molecule has 0 fully saturated rings. The molecule has 4 nitrogen and oxygen atoms in total. The summed E-state index contributed by atoms with van der Waals surface area (Å²) in [6.07, 6.45) is 0.0489. The fourth-order valence-electron chi connectivity index (χ4n) is 1.61. The zero-order valence-electron chi connectivity index (χ0n) is 9.14. The standard InChI is InChI=1S/C11H11F2N3O/c1-16-10(14-6-15-16)5-9(17)11-7(12)3-2-4-8(11)13/h2-4,6,9,17H,5H2,1H3. The smallest absolute Gasteiger partial charge is 0.138 e. The van der Waals surface area contributed by atoms with Crippen molar-refractivity contribution < 1.29 is 13.9 Å². The van der Waals surface area contributed by atoms with E-state index in [0.717, 1.165) is 12.1 Å². The highest BCUT2D eigenvalue weighted by Gasteiger charge is 2.19. The number of aromatic nitrogens is 3. The van der Waals surface area contributed by atoms with E-state index in [1.807, 2.05) is 0 Å². The van der Waals surface area contributed by atoms with Crippen LogP contribution in [0.1, 0.15) is 17.5 Å². The Morgan fingerprint density at radius 2 is 2.00 bits per heavy atom. The van der Waals surface area contributed by atoms with Crippen LogP contribution in [0.5, 0.6) is 0 Å². The largest absolute Gasteiger partial charge is 0.388 e. The average molecular weight is 239 g/mol. The molecule has 0 bridgehead atoms. The van der Waals surface area contributed by atoms with Crippen LogP contribution >= 0.6 is 0 Å². The summed E-state index contributed by atoms with van der Waals surface area (Å²) in [6, 6.07) is 3.47. The van der Waals surface area contributed by atoms with E-state index in [1.165, 1.54) is 17.1 Å². The first-order valence-electron chi connectivity index (χ1n) is 5.04. The summed E-state index contributed by atoms with van der Waals surface area (Å²) in [5.74, 6) is -1.07. The number of halogens is 2. The highest BCUT2D eigenvalue weighted by Crippen LogP contribution is 2.23. The van der Waals surface area contributed by atoms with Crippen LogP contribution in [0.2, 0.25) is 0 Å². The normalized spacial score (nSPS) is 12.7. The van der Waals surface area contributed by atoms with Gasteiger partial charge in [-0.2, -0.15) is 5.10 Å². The fourth-order valence-corrected chi connectivity index (χ4v) is 1.61. The van der Waals surface area contributed by atoms with Gasteiger partial charge in [-0.15, -0.1) is 0 Å². The Morgan fingerprint density at radius 3 is 2.53 bits per heavy atom. The van der Waals surface area contributed by atoms with E-state index in [1.54, 1.807) is 7.05 Å².